The van der Waals surface area contributed by atoms with Crippen molar-refractivity contribution in [1.29, 1.82) is 0 Å². The van der Waals surface area contributed by atoms with Crippen LogP contribution in [0.2, 0.25) is 0 Å². The second-order valence-corrected chi connectivity index (χ2v) is 2.88. The lowest BCUT2D eigenvalue weighted by molar-refractivity contribution is -0.159. The SMILES string of the molecule is NC(N)C1CCC1.O=C(O)C(=O)O. The Morgan fingerprint density at radius 2 is 1.54 bits per heavy atom. The van der Waals surface area contributed by atoms with E-state index in [-0.39, 0.29) is 6.17 Å². The molecule has 13 heavy (non-hydrogen) atoms. The fraction of sp³-hybridized carbons (Fsp3) is 0.714. The number of carboxylic acid groups (broad SMARTS) is 2. The van der Waals surface area contributed by atoms with E-state index in [0.29, 0.717) is 5.92 Å². The van der Waals surface area contributed by atoms with Crippen LogP contribution in [0.1, 0.15) is 19.3 Å². The van der Waals surface area contributed by atoms with Crippen LogP contribution >= 0.6 is 0 Å². The number of hydrogen-bond acceptors (Lipinski definition) is 4. The van der Waals surface area contributed by atoms with Crippen molar-refractivity contribution in [3.05, 3.63) is 0 Å². The van der Waals surface area contributed by atoms with Crippen LogP contribution in [0.3, 0.4) is 0 Å². The maximum absolute atomic E-state index is 9.10. The Labute approximate surface area is 75.5 Å². The smallest absolute Gasteiger partial charge is 0.414 e. The molecule has 76 valence electrons. The van der Waals surface area contributed by atoms with Gasteiger partial charge in [0, 0.05) is 0 Å². The minimum atomic E-state index is -1.82. The first-order chi connectivity index (χ1) is 5.95. The minimum Gasteiger partial charge on any atom is -0.473 e. The maximum atomic E-state index is 9.10. The molecule has 6 N–H and O–H groups in total. The summed E-state index contributed by atoms with van der Waals surface area (Å²) >= 11 is 0. The topological polar surface area (TPSA) is 127 Å². The van der Waals surface area contributed by atoms with Crippen molar-refractivity contribution in [3.63, 3.8) is 0 Å². The molecule has 0 unspecified atom stereocenters. The molecule has 6 heteroatoms. The van der Waals surface area contributed by atoms with E-state index in [0.717, 1.165) is 0 Å². The molecule has 1 fully saturated rings. The molecular formula is C7H14N2O4. The highest BCUT2D eigenvalue weighted by molar-refractivity contribution is 6.27. The van der Waals surface area contributed by atoms with Gasteiger partial charge in [0.15, 0.2) is 0 Å². The first-order valence-corrected chi connectivity index (χ1v) is 3.92. The van der Waals surface area contributed by atoms with Crippen molar-refractivity contribution in [2.75, 3.05) is 0 Å². The summed E-state index contributed by atoms with van der Waals surface area (Å²) in [5, 5.41) is 14.8. The Kier molecular flexibility index (Phi) is 5.01. The van der Waals surface area contributed by atoms with Crippen LogP contribution in [-0.4, -0.2) is 28.3 Å². The van der Waals surface area contributed by atoms with Crippen molar-refractivity contribution >= 4 is 11.9 Å². The Morgan fingerprint density at radius 1 is 1.15 bits per heavy atom. The molecule has 0 bridgehead atoms. The molecule has 1 rings (SSSR count). The van der Waals surface area contributed by atoms with Gasteiger partial charge in [0.1, 0.15) is 0 Å². The van der Waals surface area contributed by atoms with E-state index in [2.05, 4.69) is 0 Å². The molecule has 0 aromatic heterocycles. The predicted molar refractivity (Wildman–Crippen MR) is 44.8 cm³/mol. The van der Waals surface area contributed by atoms with E-state index in [1.165, 1.54) is 19.3 Å². The first-order valence-electron chi connectivity index (χ1n) is 3.92. The van der Waals surface area contributed by atoms with E-state index in [9.17, 15) is 0 Å². The summed E-state index contributed by atoms with van der Waals surface area (Å²) in [6, 6.07) is 0. The first kappa shape index (κ1) is 11.9. The van der Waals surface area contributed by atoms with Gasteiger partial charge >= 0.3 is 11.9 Å². The molecule has 0 amide bonds. The predicted octanol–water partition coefficient (Wildman–Crippen LogP) is -0.814. The Bertz CT molecular complexity index is 177. The van der Waals surface area contributed by atoms with Gasteiger partial charge in [0.25, 0.3) is 0 Å². The van der Waals surface area contributed by atoms with Gasteiger partial charge in [-0.3, -0.25) is 0 Å². The van der Waals surface area contributed by atoms with Crippen LogP contribution in [0.15, 0.2) is 0 Å². The molecule has 1 saturated carbocycles. The average Bonchev–Trinajstić information content (AvgIpc) is 1.82. The Hall–Kier alpha value is -1.14. The van der Waals surface area contributed by atoms with E-state index in [4.69, 9.17) is 31.3 Å². The zero-order chi connectivity index (χ0) is 10.4. The second-order valence-electron chi connectivity index (χ2n) is 2.88. The second kappa shape index (κ2) is 5.50. The summed E-state index contributed by atoms with van der Waals surface area (Å²) in [4.78, 5) is 18.2. The van der Waals surface area contributed by atoms with Crippen LogP contribution in [-0.2, 0) is 9.59 Å². The lowest BCUT2D eigenvalue weighted by atomic mass is 9.83. The zero-order valence-electron chi connectivity index (χ0n) is 7.14. The van der Waals surface area contributed by atoms with Crippen molar-refractivity contribution < 1.29 is 19.8 Å². The van der Waals surface area contributed by atoms with Gasteiger partial charge in [0.05, 0.1) is 6.17 Å². The molecule has 6 nitrogen and oxygen atoms in total. The van der Waals surface area contributed by atoms with Crippen molar-refractivity contribution in [1.82, 2.24) is 0 Å². The standard InChI is InChI=1S/C5H12N2.C2H2O4/c6-5(7)4-2-1-3-4;3-1(4)2(5)6/h4-5H,1-3,6-7H2;(H,3,4)(H,5,6). The lowest BCUT2D eigenvalue weighted by Gasteiger charge is -2.28. The number of nitrogens with two attached hydrogens (primary N) is 2. The van der Waals surface area contributed by atoms with Crippen molar-refractivity contribution in [2.45, 2.75) is 25.4 Å². The third-order valence-corrected chi connectivity index (χ3v) is 1.88. The van der Waals surface area contributed by atoms with Crippen LogP contribution in [0.5, 0.6) is 0 Å². The van der Waals surface area contributed by atoms with Crippen LogP contribution in [0.4, 0.5) is 0 Å². The largest absolute Gasteiger partial charge is 0.473 e. The highest BCUT2D eigenvalue weighted by atomic mass is 16.4. The number of hydrogen-bond donors (Lipinski definition) is 4. The van der Waals surface area contributed by atoms with Gasteiger partial charge in [-0.15, -0.1) is 0 Å². The molecule has 0 aliphatic heterocycles. The van der Waals surface area contributed by atoms with Gasteiger partial charge in [0.2, 0.25) is 0 Å². The molecule has 0 saturated heterocycles. The molecule has 0 aromatic carbocycles. The third kappa shape index (κ3) is 5.15. The zero-order valence-corrected chi connectivity index (χ0v) is 7.14. The van der Waals surface area contributed by atoms with E-state index < -0.39 is 11.9 Å². The normalized spacial score (nSPS) is 15.6. The van der Waals surface area contributed by atoms with E-state index in [1.54, 1.807) is 0 Å². The molecular weight excluding hydrogens is 176 g/mol. The molecule has 0 atom stereocenters. The summed E-state index contributed by atoms with van der Waals surface area (Å²) in [6.45, 7) is 0. The minimum absolute atomic E-state index is 0.0475. The highest BCUT2D eigenvalue weighted by Crippen LogP contribution is 2.26. The van der Waals surface area contributed by atoms with Crippen molar-refractivity contribution in [2.24, 2.45) is 17.4 Å². The highest BCUT2D eigenvalue weighted by Gasteiger charge is 2.20. The third-order valence-electron chi connectivity index (χ3n) is 1.88. The number of carbonyl (C=O) groups is 2. The van der Waals surface area contributed by atoms with E-state index in [1.807, 2.05) is 0 Å². The van der Waals surface area contributed by atoms with Crippen LogP contribution < -0.4 is 11.5 Å². The number of aliphatic carboxylic acids is 2. The van der Waals surface area contributed by atoms with Crippen LogP contribution in [0, 0.1) is 5.92 Å². The number of rotatable bonds is 1. The van der Waals surface area contributed by atoms with Gasteiger partial charge in [-0.1, -0.05) is 6.42 Å². The molecule has 0 spiro atoms. The van der Waals surface area contributed by atoms with Gasteiger partial charge in [-0.05, 0) is 18.8 Å². The molecule has 0 aromatic rings. The summed E-state index contributed by atoms with van der Waals surface area (Å²) in [5.74, 6) is -3.01. The quantitative estimate of drug-likeness (QED) is 0.316. The molecule has 1 aliphatic carbocycles. The Morgan fingerprint density at radius 3 is 1.54 bits per heavy atom. The average molecular weight is 190 g/mol. The van der Waals surface area contributed by atoms with Crippen molar-refractivity contribution in [3.8, 4) is 0 Å². The molecule has 0 heterocycles. The summed E-state index contributed by atoms with van der Waals surface area (Å²) in [5.41, 5.74) is 10.8. The summed E-state index contributed by atoms with van der Waals surface area (Å²) in [6.07, 6.45) is 3.78. The van der Waals surface area contributed by atoms with E-state index >= 15 is 0 Å². The monoisotopic (exact) mass is 190 g/mol. The molecule has 0 radical (unpaired) electrons. The van der Waals surface area contributed by atoms with Gasteiger partial charge in [-0.25, -0.2) is 9.59 Å². The summed E-state index contributed by atoms with van der Waals surface area (Å²) < 4.78 is 0. The van der Waals surface area contributed by atoms with Gasteiger partial charge in [-0.2, -0.15) is 0 Å². The fourth-order valence-corrected chi connectivity index (χ4v) is 0.825. The Balaban J connectivity index is 0.000000226. The van der Waals surface area contributed by atoms with Crippen LogP contribution in [0.25, 0.3) is 0 Å². The molecule has 1 aliphatic rings. The van der Waals surface area contributed by atoms with Gasteiger partial charge < -0.3 is 21.7 Å². The summed E-state index contributed by atoms with van der Waals surface area (Å²) in [7, 11) is 0. The maximum Gasteiger partial charge on any atom is 0.414 e. The lowest BCUT2D eigenvalue weighted by Crippen LogP contribution is -2.41. The number of carboxylic acids is 2. The fourth-order valence-electron chi connectivity index (χ4n) is 0.825.